The third-order valence-corrected chi connectivity index (χ3v) is 5.36. The number of benzene rings is 2. The Labute approximate surface area is 149 Å². The Morgan fingerprint density at radius 2 is 1.48 bits per heavy atom. The highest BCUT2D eigenvalue weighted by Crippen LogP contribution is 2.36. The van der Waals surface area contributed by atoms with Crippen molar-refractivity contribution in [3.05, 3.63) is 60.8 Å². The van der Waals surface area contributed by atoms with Gasteiger partial charge in [0.25, 0.3) is 0 Å². The zero-order valence-corrected chi connectivity index (χ0v) is 15.1. The summed E-state index contributed by atoms with van der Waals surface area (Å²) in [6.45, 7) is 8.24. The van der Waals surface area contributed by atoms with Crippen molar-refractivity contribution in [3.8, 4) is 11.3 Å². The van der Waals surface area contributed by atoms with E-state index in [4.69, 9.17) is 9.31 Å². The highest BCUT2D eigenvalue weighted by atomic mass is 16.7. The molecule has 0 atom stereocenters. The number of aromatic nitrogens is 1. The van der Waals surface area contributed by atoms with Gasteiger partial charge in [0, 0.05) is 17.2 Å². The zero-order chi connectivity index (χ0) is 17.7. The van der Waals surface area contributed by atoms with Gasteiger partial charge in [-0.2, -0.15) is 0 Å². The van der Waals surface area contributed by atoms with Crippen LogP contribution in [0.2, 0.25) is 0 Å². The Morgan fingerprint density at radius 3 is 2.12 bits per heavy atom. The number of hydrogen-bond donors (Lipinski definition) is 0. The van der Waals surface area contributed by atoms with E-state index >= 15 is 0 Å². The first-order chi connectivity index (χ1) is 11.9. The monoisotopic (exact) mass is 331 g/mol. The van der Waals surface area contributed by atoms with Gasteiger partial charge in [-0.25, -0.2) is 0 Å². The highest BCUT2D eigenvalue weighted by molar-refractivity contribution is 6.62. The topological polar surface area (TPSA) is 31.4 Å². The van der Waals surface area contributed by atoms with Gasteiger partial charge in [0.05, 0.1) is 16.9 Å². The van der Waals surface area contributed by atoms with Gasteiger partial charge in [-0.15, -0.1) is 0 Å². The zero-order valence-electron chi connectivity index (χ0n) is 15.1. The summed E-state index contributed by atoms with van der Waals surface area (Å²) in [5.74, 6) is 0. The molecule has 1 aromatic heterocycles. The Bertz CT molecular complexity index is 903. The minimum atomic E-state index is -0.372. The Morgan fingerprint density at radius 1 is 0.800 bits per heavy atom. The van der Waals surface area contributed by atoms with E-state index in [1.54, 1.807) is 0 Å². The number of hydrogen-bond acceptors (Lipinski definition) is 3. The molecule has 0 N–H and O–H groups in total. The van der Waals surface area contributed by atoms with Crippen LogP contribution in [0.3, 0.4) is 0 Å². The average molecular weight is 331 g/mol. The summed E-state index contributed by atoms with van der Waals surface area (Å²) in [5, 5.41) is 2.46. The lowest BCUT2D eigenvalue weighted by molar-refractivity contribution is 0.00578. The van der Waals surface area contributed by atoms with Crippen LogP contribution in [0, 0.1) is 0 Å². The van der Waals surface area contributed by atoms with Gasteiger partial charge >= 0.3 is 7.12 Å². The molecule has 4 rings (SSSR count). The molecule has 1 aliphatic rings. The van der Waals surface area contributed by atoms with E-state index in [-0.39, 0.29) is 18.3 Å². The first kappa shape index (κ1) is 16.3. The average Bonchev–Trinajstić information content (AvgIpc) is 2.82. The van der Waals surface area contributed by atoms with Crippen molar-refractivity contribution in [2.45, 2.75) is 38.9 Å². The Hall–Kier alpha value is -2.17. The molecule has 4 heteroatoms. The van der Waals surface area contributed by atoms with Crippen LogP contribution in [0.25, 0.3) is 22.0 Å². The summed E-state index contributed by atoms with van der Waals surface area (Å²) in [6.07, 6.45) is 1.85. The van der Waals surface area contributed by atoms with E-state index in [1.165, 1.54) is 10.8 Å². The van der Waals surface area contributed by atoms with Crippen molar-refractivity contribution in [2.24, 2.45) is 0 Å². The van der Waals surface area contributed by atoms with E-state index in [0.29, 0.717) is 0 Å². The predicted octanol–water partition coefficient (Wildman–Crippen LogP) is 4.20. The highest BCUT2D eigenvalue weighted by Gasteiger charge is 2.51. The molecule has 1 saturated heterocycles. The van der Waals surface area contributed by atoms with Gasteiger partial charge in [-0.05, 0) is 50.6 Å². The molecule has 0 spiro atoms. The normalized spacial score (nSPS) is 18.6. The molecule has 1 aliphatic heterocycles. The van der Waals surface area contributed by atoms with Crippen molar-refractivity contribution >= 4 is 23.4 Å². The van der Waals surface area contributed by atoms with Crippen LogP contribution in [-0.4, -0.2) is 23.3 Å². The van der Waals surface area contributed by atoms with E-state index in [2.05, 4.69) is 75.1 Å². The number of pyridine rings is 1. The molecule has 0 aliphatic carbocycles. The molecule has 2 aromatic carbocycles. The number of rotatable bonds is 2. The van der Waals surface area contributed by atoms with Crippen LogP contribution in [0.15, 0.2) is 60.8 Å². The van der Waals surface area contributed by atoms with Crippen LogP contribution in [0.1, 0.15) is 27.7 Å². The maximum atomic E-state index is 6.09. The summed E-state index contributed by atoms with van der Waals surface area (Å²) in [6, 6.07) is 18.8. The summed E-state index contributed by atoms with van der Waals surface area (Å²) in [4.78, 5) is 4.64. The predicted molar refractivity (Wildman–Crippen MR) is 103 cm³/mol. The van der Waals surface area contributed by atoms with Gasteiger partial charge in [0.1, 0.15) is 0 Å². The summed E-state index contributed by atoms with van der Waals surface area (Å²) in [7, 11) is -0.372. The first-order valence-corrected chi connectivity index (χ1v) is 8.66. The molecule has 2 heterocycles. The fraction of sp³-hybridized carbons (Fsp3) is 0.286. The molecule has 0 unspecified atom stereocenters. The van der Waals surface area contributed by atoms with Crippen molar-refractivity contribution in [1.29, 1.82) is 0 Å². The summed E-state index contributed by atoms with van der Waals surface area (Å²) in [5.41, 5.74) is 2.33. The Balaban J connectivity index is 1.62. The van der Waals surface area contributed by atoms with Crippen LogP contribution < -0.4 is 5.46 Å². The lowest BCUT2D eigenvalue weighted by atomic mass is 9.80. The molecule has 25 heavy (non-hydrogen) atoms. The van der Waals surface area contributed by atoms with E-state index in [1.807, 2.05) is 18.3 Å². The van der Waals surface area contributed by atoms with Crippen LogP contribution in [0.4, 0.5) is 0 Å². The van der Waals surface area contributed by atoms with Crippen molar-refractivity contribution in [3.63, 3.8) is 0 Å². The molecule has 3 nitrogen and oxygen atoms in total. The van der Waals surface area contributed by atoms with Gasteiger partial charge in [0.15, 0.2) is 0 Å². The standard InChI is InChI=1S/C21H22BNO2/c1-20(2)21(3,4)25-22(24-20)18-11-12-19(23-14-18)17-10-9-15-7-5-6-8-16(15)13-17/h5-14H,1-4H3. The lowest BCUT2D eigenvalue weighted by Crippen LogP contribution is -2.41. The fourth-order valence-corrected chi connectivity index (χ4v) is 3.04. The van der Waals surface area contributed by atoms with Gasteiger partial charge in [0.2, 0.25) is 0 Å². The van der Waals surface area contributed by atoms with Gasteiger partial charge in [-0.1, -0.05) is 42.5 Å². The minimum Gasteiger partial charge on any atom is -0.399 e. The number of fused-ring (bicyclic) bond motifs is 1. The second-order valence-electron chi connectivity index (χ2n) is 7.63. The molecule has 0 radical (unpaired) electrons. The van der Waals surface area contributed by atoms with Crippen molar-refractivity contribution in [1.82, 2.24) is 4.98 Å². The third kappa shape index (κ3) is 2.86. The molecular weight excluding hydrogens is 309 g/mol. The Kier molecular flexibility index (Phi) is 3.71. The second kappa shape index (κ2) is 5.68. The van der Waals surface area contributed by atoms with Crippen LogP contribution in [0.5, 0.6) is 0 Å². The lowest BCUT2D eigenvalue weighted by Gasteiger charge is -2.32. The summed E-state index contributed by atoms with van der Waals surface area (Å²) >= 11 is 0. The third-order valence-electron chi connectivity index (χ3n) is 5.36. The largest absolute Gasteiger partial charge is 0.496 e. The second-order valence-corrected chi connectivity index (χ2v) is 7.63. The quantitative estimate of drug-likeness (QED) is 0.660. The van der Waals surface area contributed by atoms with E-state index in [0.717, 1.165) is 16.7 Å². The molecule has 1 fully saturated rings. The molecule has 3 aromatic rings. The summed E-state index contributed by atoms with van der Waals surface area (Å²) < 4.78 is 12.2. The molecular formula is C21H22BNO2. The molecule has 0 amide bonds. The number of nitrogens with zero attached hydrogens (tertiary/aromatic N) is 1. The van der Waals surface area contributed by atoms with Crippen molar-refractivity contribution in [2.75, 3.05) is 0 Å². The van der Waals surface area contributed by atoms with Gasteiger partial charge < -0.3 is 9.31 Å². The molecule has 126 valence electrons. The maximum absolute atomic E-state index is 6.09. The van der Waals surface area contributed by atoms with E-state index < -0.39 is 0 Å². The minimum absolute atomic E-state index is 0.339. The van der Waals surface area contributed by atoms with Crippen LogP contribution >= 0.6 is 0 Å². The smallest absolute Gasteiger partial charge is 0.399 e. The van der Waals surface area contributed by atoms with Gasteiger partial charge in [-0.3, -0.25) is 4.98 Å². The van der Waals surface area contributed by atoms with Crippen LogP contribution in [-0.2, 0) is 9.31 Å². The molecule has 0 saturated carbocycles. The maximum Gasteiger partial charge on any atom is 0.496 e. The van der Waals surface area contributed by atoms with E-state index in [9.17, 15) is 0 Å². The first-order valence-electron chi connectivity index (χ1n) is 8.66. The van der Waals surface area contributed by atoms with Crippen molar-refractivity contribution < 1.29 is 9.31 Å². The SMILES string of the molecule is CC1(C)OB(c2ccc(-c3ccc4ccccc4c3)nc2)OC1(C)C. The fourth-order valence-electron chi connectivity index (χ4n) is 3.04. The molecule has 0 bridgehead atoms.